The van der Waals surface area contributed by atoms with Crippen molar-refractivity contribution in [2.45, 2.75) is 44.6 Å². The number of aliphatic hydroxyl groups excluding tert-OH is 1. The van der Waals surface area contributed by atoms with Gasteiger partial charge in [0.15, 0.2) is 6.29 Å². The summed E-state index contributed by atoms with van der Waals surface area (Å²) >= 11 is 0. The van der Waals surface area contributed by atoms with Crippen LogP contribution in [0.2, 0.25) is 0 Å². The molecule has 110 valence electrons. The molecule has 1 aromatic rings. The molecule has 1 saturated heterocycles. The Morgan fingerprint density at radius 2 is 2.35 bits per heavy atom. The Balaban J connectivity index is 2.01. The zero-order chi connectivity index (χ0) is 18.6. The van der Waals surface area contributed by atoms with Crippen molar-refractivity contribution >= 4 is 0 Å². The van der Waals surface area contributed by atoms with Crippen molar-refractivity contribution in [3.63, 3.8) is 0 Å². The van der Waals surface area contributed by atoms with Crippen molar-refractivity contribution in [2.75, 3.05) is 6.56 Å². The number of ether oxygens (including phenoxy) is 3. The minimum Gasteiger partial charge on any atom is -0.388 e. The third kappa shape index (κ3) is 4.15. The molecule has 0 bridgehead atoms. The van der Waals surface area contributed by atoms with Gasteiger partial charge in [0.2, 0.25) is 0 Å². The summed E-state index contributed by atoms with van der Waals surface area (Å²) in [5, 5.41) is 10.2. The minimum absolute atomic E-state index is 0.0659. The van der Waals surface area contributed by atoms with E-state index in [1.165, 1.54) is 0 Å². The number of hydrogen-bond donors (Lipinski definition) is 1. The van der Waals surface area contributed by atoms with Gasteiger partial charge in [0.25, 0.3) is 0 Å². The summed E-state index contributed by atoms with van der Waals surface area (Å²) in [5.74, 6) is 0. The molecule has 1 aliphatic heterocycles. The second-order valence-corrected chi connectivity index (χ2v) is 4.68. The largest absolute Gasteiger partial charge is 0.388 e. The molecule has 1 fully saturated rings. The molecule has 2 rings (SSSR count). The molecule has 1 N–H and O–H groups in total. The van der Waals surface area contributed by atoms with E-state index in [9.17, 15) is 5.11 Å². The molecule has 4 nitrogen and oxygen atoms in total. The molecule has 4 atom stereocenters. The number of benzene rings is 1. The van der Waals surface area contributed by atoms with E-state index < -0.39 is 43.7 Å². The summed E-state index contributed by atoms with van der Waals surface area (Å²) in [5.41, 5.74) is 0.946. The van der Waals surface area contributed by atoms with Crippen molar-refractivity contribution in [3.05, 3.63) is 48.5 Å². The third-order valence-electron chi connectivity index (χ3n) is 3.19. The lowest BCUT2D eigenvalue weighted by atomic mass is 10.0. The van der Waals surface area contributed by atoms with Crippen LogP contribution >= 0.6 is 0 Å². The van der Waals surface area contributed by atoms with Crippen LogP contribution in [0, 0.1) is 0 Å². The lowest BCUT2D eigenvalue weighted by Crippen LogP contribution is -2.48. The Labute approximate surface area is 127 Å². The standard InChI is InChI=1S/C16H22O4/c1-3-9-18-14-10-15(20-12(2)16(14)17)19-11-13-7-5-4-6-8-13/h3-8,12,14-17H,1,9-11H2,2H3/t12-,14+,15+,16-/m0/s1/i1D2,3D,9D2. The molecule has 1 aromatic carbocycles. The van der Waals surface area contributed by atoms with Crippen LogP contribution in [-0.4, -0.2) is 36.3 Å². The molecule has 0 amide bonds. The highest BCUT2D eigenvalue weighted by molar-refractivity contribution is 5.13. The van der Waals surface area contributed by atoms with Crippen LogP contribution in [0.4, 0.5) is 0 Å². The second kappa shape index (κ2) is 7.55. The SMILES string of the molecule is [2H]C([2H])=C([2H])C([2H])([2H])O[C@@H]1C[C@H](OCc2ccccc2)O[C@@H](C)[C@@H]1O. The van der Waals surface area contributed by atoms with E-state index in [4.69, 9.17) is 21.1 Å². The Morgan fingerprint density at radius 1 is 1.55 bits per heavy atom. The van der Waals surface area contributed by atoms with Gasteiger partial charge in [0, 0.05) is 6.42 Å². The average molecular weight is 283 g/mol. The highest BCUT2D eigenvalue weighted by Crippen LogP contribution is 2.24. The molecule has 0 aromatic heterocycles. The maximum absolute atomic E-state index is 10.2. The van der Waals surface area contributed by atoms with Gasteiger partial charge in [-0.2, -0.15) is 0 Å². The van der Waals surface area contributed by atoms with Crippen molar-refractivity contribution in [1.29, 1.82) is 0 Å². The predicted octanol–water partition coefficient (Wildman–Crippen LogP) is 2.27. The van der Waals surface area contributed by atoms with Gasteiger partial charge in [-0.15, -0.1) is 6.53 Å². The summed E-state index contributed by atoms with van der Waals surface area (Å²) in [6.45, 7) is -1.71. The van der Waals surface area contributed by atoms with E-state index in [1.54, 1.807) is 6.92 Å². The van der Waals surface area contributed by atoms with E-state index in [0.717, 1.165) is 5.56 Å². The lowest BCUT2D eigenvalue weighted by Gasteiger charge is -2.37. The van der Waals surface area contributed by atoms with Gasteiger partial charge in [-0.3, -0.25) is 0 Å². The summed E-state index contributed by atoms with van der Waals surface area (Å²) < 4.78 is 53.5. The van der Waals surface area contributed by atoms with E-state index >= 15 is 0 Å². The molecule has 0 unspecified atom stereocenters. The molecule has 20 heavy (non-hydrogen) atoms. The highest BCUT2D eigenvalue weighted by Gasteiger charge is 2.36. The number of aliphatic hydroxyl groups is 1. The molecule has 0 aliphatic carbocycles. The van der Waals surface area contributed by atoms with E-state index in [-0.39, 0.29) is 6.42 Å². The van der Waals surface area contributed by atoms with Crippen molar-refractivity contribution in [1.82, 2.24) is 0 Å². The fraction of sp³-hybridized carbons (Fsp3) is 0.500. The zero-order valence-electron chi connectivity index (χ0n) is 16.3. The van der Waals surface area contributed by atoms with Crippen molar-refractivity contribution < 1.29 is 26.2 Å². The molecule has 1 aliphatic rings. The van der Waals surface area contributed by atoms with Gasteiger partial charge in [-0.25, -0.2) is 0 Å². The molecular formula is C16H22O4. The summed E-state index contributed by atoms with van der Waals surface area (Å²) in [7, 11) is 0. The van der Waals surface area contributed by atoms with Gasteiger partial charge in [0.1, 0.15) is 6.10 Å². The monoisotopic (exact) mass is 283 g/mol. The number of rotatable bonds is 6. The fourth-order valence-electron chi connectivity index (χ4n) is 2.10. The Morgan fingerprint density at radius 3 is 3.10 bits per heavy atom. The van der Waals surface area contributed by atoms with E-state index in [0.29, 0.717) is 6.61 Å². The quantitative estimate of drug-likeness (QED) is 0.814. The summed E-state index contributed by atoms with van der Waals surface area (Å²) in [4.78, 5) is 0. The maximum Gasteiger partial charge on any atom is 0.161 e. The van der Waals surface area contributed by atoms with Gasteiger partial charge < -0.3 is 19.3 Å². The molecule has 1 heterocycles. The topological polar surface area (TPSA) is 47.9 Å². The van der Waals surface area contributed by atoms with Crippen LogP contribution < -0.4 is 0 Å². The zero-order valence-corrected chi connectivity index (χ0v) is 11.3. The highest BCUT2D eigenvalue weighted by atomic mass is 16.7. The van der Waals surface area contributed by atoms with Crippen LogP contribution in [0.15, 0.2) is 42.9 Å². The lowest BCUT2D eigenvalue weighted by molar-refractivity contribution is -0.255. The minimum atomic E-state index is -2.65. The fourth-order valence-corrected chi connectivity index (χ4v) is 2.10. The van der Waals surface area contributed by atoms with Crippen molar-refractivity contribution in [2.24, 2.45) is 0 Å². The van der Waals surface area contributed by atoms with Gasteiger partial charge in [-0.05, 0) is 12.5 Å². The maximum atomic E-state index is 10.2. The predicted molar refractivity (Wildman–Crippen MR) is 76.1 cm³/mol. The normalized spacial score (nSPS) is 34.2. The van der Waals surface area contributed by atoms with Gasteiger partial charge >= 0.3 is 0 Å². The van der Waals surface area contributed by atoms with Crippen LogP contribution in [0.25, 0.3) is 0 Å². The van der Waals surface area contributed by atoms with E-state index in [1.807, 2.05) is 30.3 Å². The van der Waals surface area contributed by atoms with Gasteiger partial charge in [-0.1, -0.05) is 36.4 Å². The first-order chi connectivity index (χ1) is 11.7. The first-order valence-corrected chi connectivity index (χ1v) is 6.52. The molecular weight excluding hydrogens is 256 g/mol. The average Bonchev–Trinajstić information content (AvgIpc) is 2.57. The Kier molecular flexibility index (Phi) is 3.65. The second-order valence-electron chi connectivity index (χ2n) is 4.68. The van der Waals surface area contributed by atoms with Gasteiger partial charge in [0.05, 0.1) is 32.2 Å². The van der Waals surface area contributed by atoms with Crippen LogP contribution in [0.1, 0.15) is 25.8 Å². The molecule has 4 heteroatoms. The summed E-state index contributed by atoms with van der Waals surface area (Å²) in [6, 6.07) is 8.55. The molecule has 0 saturated carbocycles. The Hall–Kier alpha value is -1.20. The molecule has 0 spiro atoms. The first-order valence-electron chi connectivity index (χ1n) is 9.02. The van der Waals surface area contributed by atoms with Crippen LogP contribution in [-0.2, 0) is 20.8 Å². The third-order valence-corrected chi connectivity index (χ3v) is 3.19. The number of hydrogen-bond acceptors (Lipinski definition) is 4. The molecule has 0 radical (unpaired) electrons. The van der Waals surface area contributed by atoms with E-state index in [2.05, 4.69) is 0 Å². The Bertz CT molecular complexity index is 591. The van der Waals surface area contributed by atoms with Crippen LogP contribution in [0.5, 0.6) is 0 Å². The van der Waals surface area contributed by atoms with Crippen LogP contribution in [0.3, 0.4) is 0 Å². The first kappa shape index (κ1) is 9.68. The van der Waals surface area contributed by atoms with Crippen molar-refractivity contribution in [3.8, 4) is 0 Å². The smallest absolute Gasteiger partial charge is 0.161 e. The summed E-state index contributed by atoms with van der Waals surface area (Å²) in [6.07, 6.45) is -3.39.